The molecule has 5 heteroatoms. The van der Waals surface area contributed by atoms with Crippen LogP contribution in [-0.2, 0) is 6.42 Å². The highest BCUT2D eigenvalue weighted by atomic mass is 16.5. The molecule has 0 spiro atoms. The second kappa shape index (κ2) is 11.4. The van der Waals surface area contributed by atoms with E-state index in [1.54, 1.807) is 0 Å². The van der Waals surface area contributed by atoms with Crippen molar-refractivity contribution in [3.63, 3.8) is 0 Å². The summed E-state index contributed by atoms with van der Waals surface area (Å²) in [6.07, 6.45) is 9.32. The Morgan fingerprint density at radius 3 is 2.53 bits per heavy atom. The van der Waals surface area contributed by atoms with Gasteiger partial charge in [-0.1, -0.05) is 43.2 Å². The van der Waals surface area contributed by atoms with Gasteiger partial charge in [0.2, 0.25) is 0 Å². The summed E-state index contributed by atoms with van der Waals surface area (Å²) in [7, 11) is 0. The lowest BCUT2D eigenvalue weighted by atomic mass is 9.98. The zero-order valence-corrected chi connectivity index (χ0v) is 20.3. The second-order valence-corrected chi connectivity index (χ2v) is 10.2. The average Bonchev–Trinajstić information content (AvgIpc) is 3.48. The normalized spacial score (nSPS) is 25.5. The first-order valence-electron chi connectivity index (χ1n) is 13.3. The van der Waals surface area contributed by atoms with Crippen LogP contribution in [0.4, 0.5) is 0 Å². The van der Waals surface area contributed by atoms with Crippen LogP contribution < -0.4 is 10.1 Å². The van der Waals surface area contributed by atoms with E-state index < -0.39 is 0 Å². The van der Waals surface area contributed by atoms with E-state index >= 15 is 0 Å². The summed E-state index contributed by atoms with van der Waals surface area (Å²) in [5, 5.41) is 3.77. The number of rotatable bonds is 7. The van der Waals surface area contributed by atoms with Crippen molar-refractivity contribution in [1.82, 2.24) is 15.1 Å². The third-order valence-corrected chi connectivity index (χ3v) is 7.85. The van der Waals surface area contributed by atoms with Crippen molar-refractivity contribution in [3.8, 4) is 5.75 Å². The Hall–Kier alpha value is -2.37. The second-order valence-electron chi connectivity index (χ2n) is 10.2. The van der Waals surface area contributed by atoms with E-state index in [1.165, 1.54) is 50.8 Å². The van der Waals surface area contributed by atoms with E-state index in [0.717, 1.165) is 43.7 Å². The molecule has 0 unspecified atom stereocenters. The highest BCUT2D eigenvalue weighted by Crippen LogP contribution is 2.33. The fourth-order valence-electron chi connectivity index (χ4n) is 6.06. The molecule has 3 fully saturated rings. The van der Waals surface area contributed by atoms with Gasteiger partial charge < -0.3 is 15.0 Å². The Bertz CT molecular complexity index is 911. The van der Waals surface area contributed by atoms with Gasteiger partial charge >= 0.3 is 0 Å². The lowest BCUT2D eigenvalue weighted by molar-refractivity contribution is 0.0642. The molecule has 0 saturated carbocycles. The number of fused-ring (bicyclic) bond motifs is 1. The maximum absolute atomic E-state index is 13.9. The van der Waals surface area contributed by atoms with Crippen LogP contribution in [0.3, 0.4) is 0 Å². The Balaban J connectivity index is 1.28. The van der Waals surface area contributed by atoms with Crippen molar-refractivity contribution in [1.29, 1.82) is 0 Å². The van der Waals surface area contributed by atoms with Crippen molar-refractivity contribution in [2.45, 2.75) is 69.5 Å². The van der Waals surface area contributed by atoms with Gasteiger partial charge in [-0.2, -0.15) is 0 Å². The Kier molecular flexibility index (Phi) is 7.82. The summed E-state index contributed by atoms with van der Waals surface area (Å²) in [6, 6.07) is 19.4. The van der Waals surface area contributed by atoms with E-state index in [0.29, 0.717) is 12.6 Å². The molecule has 2 aromatic rings. The van der Waals surface area contributed by atoms with Gasteiger partial charge in [0.15, 0.2) is 0 Å². The fourth-order valence-corrected chi connectivity index (χ4v) is 6.06. The Morgan fingerprint density at radius 2 is 1.74 bits per heavy atom. The number of hydrogen-bond donors (Lipinski definition) is 1. The molecule has 5 nitrogen and oxygen atoms in total. The monoisotopic (exact) mass is 461 g/mol. The SMILES string of the molecule is O=C(c1ccc(OCCN2CCCC2)cc1)N1[C@@H](Cc2ccccc2)C[C@H]2NCCCCC[C@@H]21. The number of nitrogens with zero attached hydrogens (tertiary/aromatic N) is 2. The minimum atomic E-state index is 0.166. The van der Waals surface area contributed by atoms with Crippen molar-refractivity contribution in [2.75, 3.05) is 32.8 Å². The molecule has 2 aromatic carbocycles. The molecular weight excluding hydrogens is 422 g/mol. The van der Waals surface area contributed by atoms with Crippen LogP contribution in [-0.4, -0.2) is 66.6 Å². The lowest BCUT2D eigenvalue weighted by Gasteiger charge is -2.33. The largest absolute Gasteiger partial charge is 0.492 e. The molecule has 0 bridgehead atoms. The van der Waals surface area contributed by atoms with Crippen LogP contribution in [0.15, 0.2) is 54.6 Å². The number of likely N-dealkylation sites (tertiary alicyclic amines) is 2. The minimum absolute atomic E-state index is 0.166. The van der Waals surface area contributed by atoms with Gasteiger partial charge in [0.25, 0.3) is 5.91 Å². The smallest absolute Gasteiger partial charge is 0.254 e. The fraction of sp³-hybridized carbons (Fsp3) is 0.552. The van der Waals surface area contributed by atoms with Gasteiger partial charge in [-0.3, -0.25) is 9.69 Å². The van der Waals surface area contributed by atoms with Gasteiger partial charge in [0, 0.05) is 30.2 Å². The van der Waals surface area contributed by atoms with Crippen molar-refractivity contribution >= 4 is 5.91 Å². The number of nitrogens with one attached hydrogen (secondary N) is 1. The molecule has 0 aromatic heterocycles. The standard InChI is InChI=1S/C29H39N3O2/c33-29(24-12-14-26(15-13-24)34-20-19-31-17-7-8-18-31)32-25(21-23-9-3-1-4-10-23)22-27-28(32)11-5-2-6-16-30-27/h1,3-4,9-10,12-15,25,27-28,30H,2,5-8,11,16-22H2/t25-,27+,28-/m0/s1. The van der Waals surface area contributed by atoms with E-state index in [1.807, 2.05) is 24.3 Å². The van der Waals surface area contributed by atoms with Crippen LogP contribution in [0.5, 0.6) is 5.75 Å². The molecule has 3 atom stereocenters. The third-order valence-electron chi connectivity index (χ3n) is 7.85. The van der Waals surface area contributed by atoms with Gasteiger partial charge in [0.05, 0.1) is 0 Å². The Morgan fingerprint density at radius 1 is 0.941 bits per heavy atom. The van der Waals surface area contributed by atoms with E-state index in [9.17, 15) is 4.79 Å². The highest BCUT2D eigenvalue weighted by Gasteiger charge is 2.43. The van der Waals surface area contributed by atoms with Gasteiger partial charge in [-0.05, 0) is 88.0 Å². The molecule has 182 valence electrons. The first-order chi connectivity index (χ1) is 16.8. The molecule has 34 heavy (non-hydrogen) atoms. The van der Waals surface area contributed by atoms with E-state index in [-0.39, 0.29) is 18.0 Å². The summed E-state index contributed by atoms with van der Waals surface area (Å²) >= 11 is 0. The van der Waals surface area contributed by atoms with Crippen molar-refractivity contribution in [3.05, 3.63) is 65.7 Å². The van der Waals surface area contributed by atoms with E-state index in [2.05, 4.69) is 45.4 Å². The lowest BCUT2D eigenvalue weighted by Crippen LogP contribution is -2.47. The topological polar surface area (TPSA) is 44.8 Å². The van der Waals surface area contributed by atoms with Crippen LogP contribution in [0, 0.1) is 0 Å². The number of amides is 1. The number of carbonyl (C=O) groups is 1. The summed E-state index contributed by atoms with van der Waals surface area (Å²) in [4.78, 5) is 18.5. The first-order valence-corrected chi connectivity index (χ1v) is 13.3. The summed E-state index contributed by atoms with van der Waals surface area (Å²) in [5.41, 5.74) is 2.08. The van der Waals surface area contributed by atoms with Crippen LogP contribution in [0.1, 0.15) is 60.9 Å². The predicted molar refractivity (Wildman–Crippen MR) is 136 cm³/mol. The number of hydrogen-bond acceptors (Lipinski definition) is 4. The Labute approximate surface area is 204 Å². The number of carbonyl (C=O) groups excluding carboxylic acids is 1. The first kappa shape index (κ1) is 23.4. The van der Waals surface area contributed by atoms with E-state index in [4.69, 9.17) is 4.74 Å². The number of ether oxygens (including phenoxy) is 1. The molecule has 1 N–H and O–H groups in total. The molecule has 3 heterocycles. The predicted octanol–water partition coefficient (Wildman–Crippen LogP) is 4.52. The molecule has 5 rings (SSSR count). The third kappa shape index (κ3) is 5.64. The van der Waals surface area contributed by atoms with Crippen LogP contribution in [0.25, 0.3) is 0 Å². The maximum Gasteiger partial charge on any atom is 0.254 e. The maximum atomic E-state index is 13.9. The molecule has 3 saturated heterocycles. The zero-order chi connectivity index (χ0) is 23.2. The summed E-state index contributed by atoms with van der Waals surface area (Å²) in [6.45, 7) is 5.12. The molecule has 3 aliphatic heterocycles. The van der Waals surface area contributed by atoms with Crippen molar-refractivity contribution < 1.29 is 9.53 Å². The molecule has 1 amide bonds. The zero-order valence-electron chi connectivity index (χ0n) is 20.3. The van der Waals surface area contributed by atoms with Crippen LogP contribution in [0.2, 0.25) is 0 Å². The quantitative estimate of drug-likeness (QED) is 0.659. The average molecular weight is 462 g/mol. The summed E-state index contributed by atoms with van der Waals surface area (Å²) in [5.74, 6) is 1.02. The molecule has 0 aliphatic carbocycles. The highest BCUT2D eigenvalue weighted by molar-refractivity contribution is 5.95. The number of benzene rings is 2. The minimum Gasteiger partial charge on any atom is -0.492 e. The van der Waals surface area contributed by atoms with Gasteiger partial charge in [-0.25, -0.2) is 0 Å². The summed E-state index contributed by atoms with van der Waals surface area (Å²) < 4.78 is 5.97. The molecule has 0 radical (unpaired) electrons. The molecule has 3 aliphatic rings. The van der Waals surface area contributed by atoms with Gasteiger partial charge in [0.1, 0.15) is 12.4 Å². The van der Waals surface area contributed by atoms with Gasteiger partial charge in [-0.15, -0.1) is 0 Å². The molecular formula is C29H39N3O2. The van der Waals surface area contributed by atoms with Crippen LogP contribution >= 0.6 is 0 Å². The van der Waals surface area contributed by atoms with Crippen molar-refractivity contribution in [2.24, 2.45) is 0 Å².